The van der Waals surface area contributed by atoms with E-state index in [0.717, 1.165) is 5.92 Å². The molecule has 0 aliphatic rings. The van der Waals surface area contributed by atoms with Gasteiger partial charge < -0.3 is 30.1 Å². The number of carboxylic acids is 3. The molecule has 29 heavy (non-hydrogen) atoms. The topological polar surface area (TPSA) is 139 Å². The number of nitrogens with one attached hydrogen (secondary N) is 1. The van der Waals surface area contributed by atoms with E-state index in [4.69, 9.17) is 15.3 Å². The summed E-state index contributed by atoms with van der Waals surface area (Å²) in [6, 6.07) is 0. The molecule has 0 aromatic carbocycles. The van der Waals surface area contributed by atoms with Gasteiger partial charge in [-0.2, -0.15) is 11.8 Å². The maximum absolute atomic E-state index is 10.3. The molecule has 0 aliphatic carbocycles. The van der Waals surface area contributed by atoms with Gasteiger partial charge in [0, 0.05) is 18.1 Å². The lowest BCUT2D eigenvalue weighted by atomic mass is 9.96. The van der Waals surface area contributed by atoms with E-state index in [2.05, 4.69) is 52.7 Å². The second-order valence-electron chi connectivity index (χ2n) is 7.78. The zero-order chi connectivity index (χ0) is 23.0. The zero-order valence-electron chi connectivity index (χ0n) is 18.2. The average molecular weight is 436 g/mol. The van der Waals surface area contributed by atoms with Crippen molar-refractivity contribution in [3.05, 3.63) is 11.6 Å². The van der Waals surface area contributed by atoms with E-state index in [1.165, 1.54) is 42.9 Å². The molecule has 0 fully saturated rings. The summed E-state index contributed by atoms with van der Waals surface area (Å²) >= 11 is 2.11. The Balaban J connectivity index is 0. The highest BCUT2D eigenvalue weighted by molar-refractivity contribution is 7.99. The number of thioether (sulfide) groups is 1. The van der Waals surface area contributed by atoms with Gasteiger partial charge in [0.15, 0.2) is 5.60 Å². The molecule has 9 heteroatoms. The molecule has 2 atom stereocenters. The molecule has 0 aromatic rings. The Morgan fingerprint density at radius 3 is 2.10 bits per heavy atom. The first-order valence-electron chi connectivity index (χ1n) is 9.67. The van der Waals surface area contributed by atoms with E-state index in [9.17, 15) is 19.5 Å². The van der Waals surface area contributed by atoms with Crippen LogP contribution in [0.3, 0.4) is 0 Å². The maximum atomic E-state index is 10.3. The van der Waals surface area contributed by atoms with Crippen LogP contribution in [0.5, 0.6) is 0 Å². The molecule has 0 radical (unpaired) electrons. The van der Waals surface area contributed by atoms with Crippen molar-refractivity contribution in [1.29, 1.82) is 0 Å². The predicted octanol–water partition coefficient (Wildman–Crippen LogP) is 0.0535. The van der Waals surface area contributed by atoms with E-state index in [1.54, 1.807) is 4.90 Å². The van der Waals surface area contributed by atoms with Crippen molar-refractivity contribution in [2.24, 2.45) is 5.92 Å². The normalized spacial score (nSPS) is 13.6. The van der Waals surface area contributed by atoms with Gasteiger partial charge >= 0.3 is 11.9 Å². The summed E-state index contributed by atoms with van der Waals surface area (Å²) in [7, 11) is 4.45. The Bertz CT molecular complexity index is 515. The summed E-state index contributed by atoms with van der Waals surface area (Å²) in [5.41, 5.74) is -1.35. The molecular formula is C20H37NO7S. The first kappa shape index (κ1) is 29.6. The second-order valence-corrected chi connectivity index (χ2v) is 9.00. The standard InChI is InChI=1S/C14H29NS.C6H8O7/c1-13(2)7-6-8-14(3)9-11-16-12-10-15(4)5;7-3(8)1-6(13,5(11)12)2-4(9)10/h7,14H,6,8-12H2,1-5H3;13H,1-2H2,(H,7,8)(H,9,10)(H,11,12). The van der Waals surface area contributed by atoms with E-state index in [0.29, 0.717) is 0 Å². The molecule has 0 saturated heterocycles. The number of carboxylic acid groups (broad SMARTS) is 3. The molecule has 0 bridgehead atoms. The molecule has 8 nitrogen and oxygen atoms in total. The van der Waals surface area contributed by atoms with E-state index >= 15 is 0 Å². The third kappa shape index (κ3) is 19.5. The van der Waals surface area contributed by atoms with Crippen molar-refractivity contribution in [2.45, 2.75) is 58.5 Å². The van der Waals surface area contributed by atoms with Gasteiger partial charge in [-0.15, -0.1) is 0 Å². The molecule has 0 spiro atoms. The fraction of sp³-hybridized carbons (Fsp3) is 0.750. The summed E-state index contributed by atoms with van der Waals surface area (Å²) in [6.07, 6.45) is 3.91. The lowest BCUT2D eigenvalue weighted by molar-refractivity contribution is -0.855. The highest BCUT2D eigenvalue weighted by atomic mass is 32.2. The number of allylic oxidation sites excluding steroid dienone is 2. The summed E-state index contributed by atoms with van der Waals surface area (Å²) in [4.78, 5) is 31.9. The number of carbonyl (C=O) groups is 3. The first-order chi connectivity index (χ1) is 13.3. The van der Waals surface area contributed by atoms with Gasteiger partial charge in [0.05, 0.1) is 27.1 Å². The molecule has 2 unspecified atom stereocenters. The van der Waals surface area contributed by atoms with Crippen molar-refractivity contribution in [1.82, 2.24) is 0 Å². The third-order valence-corrected chi connectivity index (χ3v) is 5.01. The first-order valence-corrected chi connectivity index (χ1v) is 10.8. The maximum Gasteiger partial charge on any atom is 0.336 e. The molecule has 0 heterocycles. The highest BCUT2D eigenvalue weighted by Crippen LogP contribution is 2.15. The lowest BCUT2D eigenvalue weighted by Crippen LogP contribution is -3.06. The largest absolute Gasteiger partial charge is 0.550 e. The van der Waals surface area contributed by atoms with Gasteiger partial charge in [0.25, 0.3) is 0 Å². The molecular weight excluding hydrogens is 398 g/mol. The fourth-order valence-corrected chi connectivity index (χ4v) is 3.49. The average Bonchev–Trinajstić information content (AvgIpc) is 2.52. The number of aliphatic carboxylic acids is 3. The number of hydrogen-bond acceptors (Lipinski definition) is 6. The van der Waals surface area contributed by atoms with E-state index in [1.807, 2.05) is 0 Å². The highest BCUT2D eigenvalue weighted by Gasteiger charge is 2.38. The molecule has 0 rings (SSSR count). The van der Waals surface area contributed by atoms with Crippen molar-refractivity contribution >= 4 is 29.7 Å². The fourth-order valence-electron chi connectivity index (χ4n) is 2.17. The van der Waals surface area contributed by atoms with Gasteiger partial charge in [-0.05, 0) is 44.8 Å². The minimum Gasteiger partial charge on any atom is -0.550 e. The number of aliphatic hydroxyl groups is 1. The lowest BCUT2D eigenvalue weighted by Gasteiger charge is -2.21. The number of carbonyl (C=O) groups excluding carboxylic acids is 1. The van der Waals surface area contributed by atoms with Crippen LogP contribution in [-0.2, 0) is 14.4 Å². The van der Waals surface area contributed by atoms with Crippen LogP contribution in [0.4, 0.5) is 0 Å². The van der Waals surface area contributed by atoms with Crippen LogP contribution in [0.2, 0.25) is 0 Å². The molecule has 0 aromatic heterocycles. The summed E-state index contributed by atoms with van der Waals surface area (Å²) < 4.78 is 0. The SMILES string of the molecule is CC(C)=CCCC(C)CCSCC[NH+](C)C.O=C([O-])CC(O)(CC(=O)O)C(=O)O. The van der Waals surface area contributed by atoms with Gasteiger partial charge in [-0.3, -0.25) is 4.79 Å². The molecule has 0 amide bonds. The van der Waals surface area contributed by atoms with Gasteiger partial charge in [-0.25, -0.2) is 4.79 Å². The van der Waals surface area contributed by atoms with Gasteiger partial charge in [-0.1, -0.05) is 18.6 Å². The van der Waals surface area contributed by atoms with Gasteiger partial charge in [0.1, 0.15) is 0 Å². The van der Waals surface area contributed by atoms with Crippen LogP contribution in [0, 0.1) is 5.92 Å². The summed E-state index contributed by atoms with van der Waals surface area (Å²) in [5.74, 6) is -1.81. The molecule has 0 saturated carbocycles. The van der Waals surface area contributed by atoms with Gasteiger partial charge in [0.2, 0.25) is 0 Å². The number of quaternary nitrogens is 1. The van der Waals surface area contributed by atoms with Crippen LogP contribution in [-0.4, -0.2) is 71.0 Å². The molecule has 4 N–H and O–H groups in total. The van der Waals surface area contributed by atoms with E-state index in [-0.39, 0.29) is 0 Å². The quantitative estimate of drug-likeness (QED) is 0.222. The Morgan fingerprint density at radius 2 is 1.69 bits per heavy atom. The van der Waals surface area contributed by atoms with Crippen LogP contribution >= 0.6 is 11.8 Å². The Hall–Kier alpha value is -1.58. The Labute approximate surface area is 178 Å². The van der Waals surface area contributed by atoms with Crippen LogP contribution in [0.1, 0.15) is 52.9 Å². The Kier molecular flexibility index (Phi) is 16.6. The minimum atomic E-state index is -2.80. The molecule has 0 aliphatic heterocycles. The summed E-state index contributed by atoms with van der Waals surface area (Å²) in [5, 5.41) is 35.5. The summed E-state index contributed by atoms with van der Waals surface area (Å²) in [6.45, 7) is 8.04. The smallest absolute Gasteiger partial charge is 0.336 e. The number of rotatable bonds is 14. The second kappa shape index (κ2) is 16.2. The van der Waals surface area contributed by atoms with Crippen molar-refractivity contribution in [2.75, 3.05) is 32.1 Å². The van der Waals surface area contributed by atoms with Crippen molar-refractivity contribution < 1.29 is 39.7 Å². The minimum absolute atomic E-state index is 0.884. The van der Waals surface area contributed by atoms with Crippen molar-refractivity contribution in [3.63, 3.8) is 0 Å². The third-order valence-electron chi connectivity index (χ3n) is 3.99. The van der Waals surface area contributed by atoms with Crippen LogP contribution in [0.25, 0.3) is 0 Å². The van der Waals surface area contributed by atoms with Crippen molar-refractivity contribution in [3.8, 4) is 0 Å². The zero-order valence-corrected chi connectivity index (χ0v) is 19.0. The predicted molar refractivity (Wildman–Crippen MR) is 112 cm³/mol. The number of hydrogen-bond donors (Lipinski definition) is 4. The molecule has 170 valence electrons. The Morgan fingerprint density at radius 1 is 1.10 bits per heavy atom. The van der Waals surface area contributed by atoms with Crippen LogP contribution < -0.4 is 10.0 Å². The van der Waals surface area contributed by atoms with Crippen LogP contribution in [0.15, 0.2) is 11.6 Å². The monoisotopic (exact) mass is 435 g/mol. The van der Waals surface area contributed by atoms with E-state index < -0.39 is 36.4 Å².